The molecule has 16 nitrogen and oxygen atoms in total. The Balaban J connectivity index is 0.000000138. The predicted molar refractivity (Wildman–Crippen MR) is 418 cm³/mol. The third-order valence-electron chi connectivity index (χ3n) is 15.1. The quantitative estimate of drug-likeness (QED) is 0.139. The molecule has 0 bridgehead atoms. The number of hydrogen-bond acceptors (Lipinski definition) is 16. The fourth-order valence-corrected chi connectivity index (χ4v) is 9.85. The molecular weight excluding hydrogens is 1280 g/mol. The minimum Gasteiger partial charge on any atom is -0.265 e. The standard InChI is InChI=1S/2C12H11N.4C11H10N2.2C10H9N3/c1-10-6-5-9-12(13-10)11-7-3-2-4-8-11;1-10-7-8-13-12(9-10)11-5-3-2-4-6-11;1-9-4-2-6-11(13-9)10-5-3-7-12-8-10;1-9-5-4-7-11(13-9)10-6-2-3-8-12-10;1-9-3-2-4-11(13-9)10-5-7-12-8-6-10;1-9-5-7-13-11(8-9)10-4-2-3-6-12-10;1-8-10(6-12-7-13-8)9-2-4-11-5-3-9;1-8-10(6-12-7-13-8)9-3-2-4-11-5-9/h2*2-9H,1H3;4*2-8H,1H3;2*2-7H,1H3. The fourth-order valence-electron chi connectivity index (χ4n) is 9.85. The normalized spacial score (nSPS) is 9.92. The monoisotopic (exact) mass is 1360 g/mol. The summed E-state index contributed by atoms with van der Waals surface area (Å²) in [6, 6.07) is 79.8. The summed E-state index contributed by atoms with van der Waals surface area (Å²) >= 11 is 0. The lowest BCUT2D eigenvalue weighted by atomic mass is 10.1. The molecule has 16 rings (SSSR count). The fraction of sp³-hybridized carbons (Fsp3) is 0.0909. The van der Waals surface area contributed by atoms with E-state index < -0.39 is 0 Å². The second kappa shape index (κ2) is 41.1. The summed E-state index contributed by atoms with van der Waals surface area (Å²) in [4.78, 5) is 66.9. The molecular formula is C88H80N16. The topological polar surface area (TPSA) is 206 Å². The Labute approximate surface area is 609 Å². The molecule has 16 heteroatoms. The zero-order valence-electron chi connectivity index (χ0n) is 59.5. The largest absolute Gasteiger partial charge is 0.265 e. The van der Waals surface area contributed by atoms with Crippen LogP contribution in [-0.2, 0) is 0 Å². The van der Waals surface area contributed by atoms with Gasteiger partial charge in [-0.15, -0.1) is 0 Å². The van der Waals surface area contributed by atoms with Crippen molar-refractivity contribution < 1.29 is 0 Å². The van der Waals surface area contributed by atoms with Crippen molar-refractivity contribution in [1.82, 2.24) is 79.7 Å². The average Bonchev–Trinajstić information content (AvgIpc) is 0.886. The lowest BCUT2D eigenvalue weighted by Crippen LogP contribution is -1.88. The Morgan fingerprint density at radius 1 is 0.192 bits per heavy atom. The van der Waals surface area contributed by atoms with Crippen LogP contribution >= 0.6 is 0 Å². The van der Waals surface area contributed by atoms with E-state index in [1.165, 1.54) is 22.3 Å². The van der Waals surface area contributed by atoms with Crippen molar-refractivity contribution in [2.24, 2.45) is 0 Å². The van der Waals surface area contributed by atoms with Gasteiger partial charge < -0.3 is 0 Å². The smallest absolute Gasteiger partial charge is 0.115 e. The van der Waals surface area contributed by atoms with Gasteiger partial charge in [0.2, 0.25) is 0 Å². The van der Waals surface area contributed by atoms with Gasteiger partial charge in [-0.05, 0) is 212 Å². The maximum atomic E-state index is 4.44. The van der Waals surface area contributed by atoms with Gasteiger partial charge in [-0.25, -0.2) is 19.9 Å². The second-order valence-electron chi connectivity index (χ2n) is 23.3. The lowest BCUT2D eigenvalue weighted by Gasteiger charge is -2.02. The third-order valence-corrected chi connectivity index (χ3v) is 15.1. The number of aryl methyl sites for hydroxylation is 8. The van der Waals surface area contributed by atoms with E-state index in [1.807, 2.05) is 286 Å². The van der Waals surface area contributed by atoms with Crippen LogP contribution in [0.4, 0.5) is 0 Å². The van der Waals surface area contributed by atoms with Crippen LogP contribution < -0.4 is 0 Å². The zero-order valence-corrected chi connectivity index (χ0v) is 59.5. The molecule has 2 aromatic carbocycles. The van der Waals surface area contributed by atoms with E-state index in [4.69, 9.17) is 0 Å². The van der Waals surface area contributed by atoms with E-state index in [0.717, 1.165) is 113 Å². The van der Waals surface area contributed by atoms with Crippen LogP contribution in [0.25, 0.3) is 90.1 Å². The number of rotatable bonds is 8. The van der Waals surface area contributed by atoms with Gasteiger partial charge in [0.15, 0.2) is 0 Å². The third kappa shape index (κ3) is 25.0. The van der Waals surface area contributed by atoms with E-state index in [0.29, 0.717) is 0 Å². The van der Waals surface area contributed by atoms with Gasteiger partial charge in [-0.2, -0.15) is 0 Å². The maximum Gasteiger partial charge on any atom is 0.115 e. The summed E-state index contributed by atoms with van der Waals surface area (Å²) in [5.41, 5.74) is 25.1. The van der Waals surface area contributed by atoms with E-state index >= 15 is 0 Å². The highest BCUT2D eigenvalue weighted by Crippen LogP contribution is 2.23. The molecule has 0 unspecified atom stereocenters. The minimum absolute atomic E-state index is 0.922. The van der Waals surface area contributed by atoms with Gasteiger partial charge in [-0.1, -0.05) is 103 Å². The van der Waals surface area contributed by atoms with E-state index in [2.05, 4.69) is 117 Å². The van der Waals surface area contributed by atoms with Crippen molar-refractivity contribution >= 4 is 0 Å². The molecule has 0 saturated heterocycles. The van der Waals surface area contributed by atoms with Crippen LogP contribution in [0.15, 0.2) is 342 Å². The highest BCUT2D eigenvalue weighted by Gasteiger charge is 2.05. The number of hydrogen-bond donors (Lipinski definition) is 0. The molecule has 14 heterocycles. The van der Waals surface area contributed by atoms with Gasteiger partial charge in [0.05, 0.1) is 45.6 Å². The van der Waals surface area contributed by atoms with E-state index in [-0.39, 0.29) is 0 Å². The van der Waals surface area contributed by atoms with Gasteiger partial charge in [-0.3, -0.25) is 59.8 Å². The van der Waals surface area contributed by atoms with Crippen molar-refractivity contribution in [3.05, 3.63) is 387 Å². The SMILES string of the molecule is Cc1cccc(-c2ccccc2)n1.Cc1cccc(-c2ccccn2)n1.Cc1cccc(-c2cccnc2)n1.Cc1cccc(-c2ccncc2)n1.Cc1ccnc(-c2ccccc2)c1.Cc1ccnc(-c2ccccn2)c1.Cc1ncncc1-c1cccnc1.Cc1ncncc1-c1ccncc1. The molecule has 16 aromatic rings. The van der Waals surface area contributed by atoms with Crippen LogP contribution in [0.3, 0.4) is 0 Å². The Hall–Kier alpha value is -13.6. The van der Waals surface area contributed by atoms with Crippen LogP contribution in [0.2, 0.25) is 0 Å². The number of aromatic nitrogens is 16. The average molecular weight is 1360 g/mol. The molecule has 0 N–H and O–H groups in total. The summed E-state index contributed by atoms with van der Waals surface area (Å²) in [7, 11) is 0. The van der Waals surface area contributed by atoms with E-state index in [9.17, 15) is 0 Å². The molecule has 0 atom stereocenters. The summed E-state index contributed by atoms with van der Waals surface area (Å²) in [6.45, 7) is 16.0. The molecule has 512 valence electrons. The molecule has 0 radical (unpaired) electrons. The highest BCUT2D eigenvalue weighted by atomic mass is 14.8. The predicted octanol–water partition coefficient (Wildman–Crippen LogP) is 19.6. The molecule has 0 saturated carbocycles. The summed E-state index contributed by atoms with van der Waals surface area (Å²) < 4.78 is 0. The van der Waals surface area contributed by atoms with Gasteiger partial charge >= 0.3 is 0 Å². The molecule has 0 aliphatic heterocycles. The van der Waals surface area contributed by atoms with Gasteiger partial charge in [0, 0.05) is 160 Å². The van der Waals surface area contributed by atoms with Crippen molar-refractivity contribution in [2.75, 3.05) is 0 Å². The molecule has 0 spiro atoms. The first-order valence-electron chi connectivity index (χ1n) is 33.6. The van der Waals surface area contributed by atoms with Crippen LogP contribution in [-0.4, -0.2) is 79.7 Å². The molecule has 0 aliphatic carbocycles. The summed E-state index contributed by atoms with van der Waals surface area (Å²) in [5.74, 6) is 0. The number of pyridine rings is 12. The first-order chi connectivity index (χ1) is 50.9. The first-order valence-corrected chi connectivity index (χ1v) is 33.6. The Kier molecular flexibility index (Phi) is 29.5. The van der Waals surface area contributed by atoms with Crippen molar-refractivity contribution in [1.29, 1.82) is 0 Å². The molecule has 14 aromatic heterocycles. The Bertz CT molecular complexity index is 4400. The van der Waals surface area contributed by atoms with E-state index in [1.54, 1.807) is 74.6 Å². The second-order valence-corrected chi connectivity index (χ2v) is 23.3. The van der Waals surface area contributed by atoms with Crippen LogP contribution in [0.1, 0.15) is 45.3 Å². The lowest BCUT2D eigenvalue weighted by molar-refractivity contribution is 1.10. The van der Waals surface area contributed by atoms with Crippen LogP contribution in [0.5, 0.6) is 0 Å². The maximum absolute atomic E-state index is 4.44. The number of nitrogens with zero attached hydrogens (tertiary/aromatic N) is 16. The minimum atomic E-state index is 0.922. The highest BCUT2D eigenvalue weighted by molar-refractivity contribution is 5.65. The van der Waals surface area contributed by atoms with Gasteiger partial charge in [0.1, 0.15) is 12.7 Å². The van der Waals surface area contributed by atoms with Gasteiger partial charge in [0.25, 0.3) is 0 Å². The molecule has 0 aliphatic rings. The van der Waals surface area contributed by atoms with Crippen molar-refractivity contribution in [3.63, 3.8) is 0 Å². The van der Waals surface area contributed by atoms with Crippen LogP contribution in [0, 0.1) is 55.4 Å². The Morgan fingerprint density at radius 2 is 0.548 bits per heavy atom. The first kappa shape index (κ1) is 74.6. The zero-order chi connectivity index (χ0) is 72.8. The number of benzene rings is 2. The molecule has 104 heavy (non-hydrogen) atoms. The van der Waals surface area contributed by atoms with Crippen molar-refractivity contribution in [2.45, 2.75) is 55.4 Å². The summed E-state index contributed by atoms with van der Waals surface area (Å²) in [6.07, 6.45) is 28.2. The summed E-state index contributed by atoms with van der Waals surface area (Å²) in [5, 5.41) is 0. The van der Waals surface area contributed by atoms with Crippen molar-refractivity contribution in [3.8, 4) is 90.1 Å². The molecule has 0 amide bonds. The Morgan fingerprint density at radius 3 is 0.981 bits per heavy atom. The molecule has 0 fully saturated rings.